The van der Waals surface area contributed by atoms with Crippen molar-refractivity contribution in [3.63, 3.8) is 0 Å². The summed E-state index contributed by atoms with van der Waals surface area (Å²) in [4.78, 5) is 24.6. The Balaban J connectivity index is 1.47. The van der Waals surface area contributed by atoms with Crippen molar-refractivity contribution < 1.29 is 9.53 Å². The van der Waals surface area contributed by atoms with Crippen LogP contribution in [0.3, 0.4) is 0 Å². The number of piperidine rings is 1. The highest BCUT2D eigenvalue weighted by atomic mass is 16.5. The fraction of sp³-hybridized carbons (Fsp3) is 0.500. The lowest BCUT2D eigenvalue weighted by molar-refractivity contribution is -0.123. The highest BCUT2D eigenvalue weighted by molar-refractivity contribution is 5.92. The van der Waals surface area contributed by atoms with E-state index in [0.717, 1.165) is 54.6 Å². The molecule has 1 amide bonds. The summed E-state index contributed by atoms with van der Waals surface area (Å²) >= 11 is 0. The number of anilines is 1. The topological polar surface area (TPSA) is 67.3 Å². The van der Waals surface area contributed by atoms with Gasteiger partial charge in [0.05, 0.1) is 24.8 Å². The summed E-state index contributed by atoms with van der Waals surface area (Å²) in [6, 6.07) is 9.76. The number of rotatable bonds is 6. The number of aryl methyl sites for hydroxylation is 1. The fourth-order valence-electron chi connectivity index (χ4n) is 4.07. The summed E-state index contributed by atoms with van der Waals surface area (Å²) in [6.07, 6.45) is 5.34. The van der Waals surface area contributed by atoms with Crippen molar-refractivity contribution in [3.8, 4) is 5.75 Å². The highest BCUT2D eigenvalue weighted by Gasteiger charge is 2.52. The van der Waals surface area contributed by atoms with Crippen LogP contribution < -0.4 is 15.0 Å². The number of carbonyl (C=O) groups is 1. The van der Waals surface area contributed by atoms with Crippen molar-refractivity contribution in [1.82, 2.24) is 15.3 Å². The third-order valence-electron chi connectivity index (χ3n) is 5.77. The van der Waals surface area contributed by atoms with E-state index in [1.807, 2.05) is 37.3 Å². The summed E-state index contributed by atoms with van der Waals surface area (Å²) in [5, 5.41) is 3.11. The van der Waals surface area contributed by atoms with Crippen LogP contribution >= 0.6 is 0 Å². The van der Waals surface area contributed by atoms with E-state index in [4.69, 9.17) is 9.72 Å². The Kier molecular flexibility index (Phi) is 5.20. The Morgan fingerprint density at radius 1 is 1.18 bits per heavy atom. The second-order valence-corrected chi connectivity index (χ2v) is 7.81. The minimum atomic E-state index is -0.468. The van der Waals surface area contributed by atoms with Crippen LogP contribution in [0.4, 0.5) is 5.95 Å². The van der Waals surface area contributed by atoms with E-state index in [1.165, 1.54) is 19.3 Å². The first-order valence-corrected chi connectivity index (χ1v) is 10.1. The molecule has 0 unspecified atom stereocenters. The summed E-state index contributed by atoms with van der Waals surface area (Å²) in [5.41, 5.74) is 2.30. The van der Waals surface area contributed by atoms with Crippen molar-refractivity contribution in [2.75, 3.05) is 25.1 Å². The maximum absolute atomic E-state index is 13.0. The van der Waals surface area contributed by atoms with Crippen LogP contribution in [0.2, 0.25) is 0 Å². The van der Waals surface area contributed by atoms with Gasteiger partial charge in [-0.05, 0) is 51.2 Å². The first-order chi connectivity index (χ1) is 13.6. The number of para-hydroxylation sites is 1. The zero-order chi connectivity index (χ0) is 19.6. The molecule has 1 aromatic carbocycles. The number of nitrogens with zero attached hydrogens (tertiary/aromatic N) is 3. The highest BCUT2D eigenvalue weighted by Crippen LogP contribution is 2.51. The van der Waals surface area contributed by atoms with Gasteiger partial charge >= 0.3 is 0 Å². The fourth-order valence-corrected chi connectivity index (χ4v) is 4.07. The van der Waals surface area contributed by atoms with Crippen molar-refractivity contribution in [3.05, 3.63) is 47.3 Å². The van der Waals surface area contributed by atoms with E-state index < -0.39 is 5.41 Å². The molecule has 4 rings (SSSR count). The lowest BCUT2D eigenvalue weighted by Gasteiger charge is -2.27. The lowest BCUT2D eigenvalue weighted by Crippen LogP contribution is -2.35. The van der Waals surface area contributed by atoms with Gasteiger partial charge < -0.3 is 15.0 Å². The predicted octanol–water partition coefficient (Wildman–Crippen LogP) is 3.13. The van der Waals surface area contributed by atoms with Gasteiger partial charge in [0, 0.05) is 24.3 Å². The Labute approximate surface area is 166 Å². The van der Waals surface area contributed by atoms with Crippen LogP contribution in [0.5, 0.6) is 5.75 Å². The first kappa shape index (κ1) is 18.7. The predicted molar refractivity (Wildman–Crippen MR) is 109 cm³/mol. The molecule has 6 nitrogen and oxygen atoms in total. The summed E-state index contributed by atoms with van der Waals surface area (Å²) in [6.45, 7) is 4.41. The molecule has 1 aliphatic carbocycles. The molecule has 1 saturated heterocycles. The van der Waals surface area contributed by atoms with E-state index in [0.29, 0.717) is 6.54 Å². The number of nitrogens with one attached hydrogen (secondary N) is 1. The number of aromatic nitrogens is 2. The average Bonchev–Trinajstić information content (AvgIpc) is 3.54. The minimum absolute atomic E-state index is 0.0489. The van der Waals surface area contributed by atoms with Gasteiger partial charge in [-0.15, -0.1) is 0 Å². The van der Waals surface area contributed by atoms with Crippen LogP contribution in [0.1, 0.15) is 49.1 Å². The zero-order valence-corrected chi connectivity index (χ0v) is 16.7. The number of amides is 1. The third-order valence-corrected chi connectivity index (χ3v) is 5.77. The molecule has 28 heavy (non-hydrogen) atoms. The summed E-state index contributed by atoms with van der Waals surface area (Å²) < 4.78 is 5.48. The molecular weight excluding hydrogens is 352 g/mol. The Morgan fingerprint density at radius 2 is 1.93 bits per heavy atom. The molecule has 1 aromatic heterocycles. The number of ether oxygens (including phenoxy) is 1. The van der Waals surface area contributed by atoms with E-state index in [-0.39, 0.29) is 5.91 Å². The first-order valence-electron chi connectivity index (χ1n) is 10.1. The summed E-state index contributed by atoms with van der Waals surface area (Å²) in [7, 11) is 1.65. The number of carbonyl (C=O) groups excluding carboxylic acids is 1. The monoisotopic (exact) mass is 380 g/mol. The smallest absolute Gasteiger partial charge is 0.231 e. The van der Waals surface area contributed by atoms with Crippen molar-refractivity contribution in [2.45, 2.75) is 51.0 Å². The van der Waals surface area contributed by atoms with E-state index in [9.17, 15) is 4.79 Å². The minimum Gasteiger partial charge on any atom is -0.496 e. The van der Waals surface area contributed by atoms with Crippen molar-refractivity contribution in [1.29, 1.82) is 0 Å². The molecule has 2 aromatic rings. The zero-order valence-electron chi connectivity index (χ0n) is 16.7. The Bertz CT molecular complexity index is 857. The van der Waals surface area contributed by atoms with Crippen LogP contribution in [-0.4, -0.2) is 36.1 Å². The van der Waals surface area contributed by atoms with Gasteiger partial charge in [-0.1, -0.05) is 18.2 Å². The second kappa shape index (κ2) is 7.78. The number of hydrogen-bond acceptors (Lipinski definition) is 5. The van der Waals surface area contributed by atoms with Gasteiger partial charge in [-0.25, -0.2) is 9.97 Å². The number of methoxy groups -OCH3 is 1. The molecule has 2 aliphatic rings. The molecule has 6 heteroatoms. The van der Waals surface area contributed by atoms with Gasteiger partial charge in [0.15, 0.2) is 0 Å². The van der Waals surface area contributed by atoms with Crippen LogP contribution in [-0.2, 0) is 16.8 Å². The van der Waals surface area contributed by atoms with Gasteiger partial charge in [-0.3, -0.25) is 4.79 Å². The van der Waals surface area contributed by atoms with Crippen molar-refractivity contribution in [2.24, 2.45) is 0 Å². The molecule has 0 spiro atoms. The summed E-state index contributed by atoms with van der Waals surface area (Å²) in [5.74, 6) is 1.61. The van der Waals surface area contributed by atoms with E-state index >= 15 is 0 Å². The Hall–Kier alpha value is -2.63. The normalized spacial score (nSPS) is 17.9. The molecule has 2 fully saturated rings. The molecule has 0 bridgehead atoms. The molecule has 2 heterocycles. The largest absolute Gasteiger partial charge is 0.496 e. The molecule has 1 N–H and O–H groups in total. The van der Waals surface area contributed by atoms with Gasteiger partial charge in [0.1, 0.15) is 5.75 Å². The molecule has 1 saturated carbocycles. The maximum Gasteiger partial charge on any atom is 0.231 e. The third kappa shape index (κ3) is 3.68. The van der Waals surface area contributed by atoms with E-state index in [1.54, 1.807) is 7.11 Å². The van der Waals surface area contributed by atoms with Crippen LogP contribution in [0.25, 0.3) is 0 Å². The SMILES string of the molecule is COc1ccccc1C1(C(=O)NCc2cc(C)nc(N3CCCCC3)n2)CC1. The van der Waals surface area contributed by atoms with Crippen molar-refractivity contribution >= 4 is 11.9 Å². The van der Waals surface area contributed by atoms with Crippen LogP contribution in [0.15, 0.2) is 30.3 Å². The van der Waals surface area contributed by atoms with Gasteiger partial charge in [0.2, 0.25) is 11.9 Å². The quantitative estimate of drug-likeness (QED) is 0.834. The Morgan fingerprint density at radius 3 is 2.64 bits per heavy atom. The van der Waals surface area contributed by atoms with E-state index in [2.05, 4.69) is 15.2 Å². The average molecular weight is 380 g/mol. The molecule has 0 radical (unpaired) electrons. The van der Waals surface area contributed by atoms with Gasteiger partial charge in [-0.2, -0.15) is 0 Å². The standard InChI is InChI=1S/C22H28N4O2/c1-16-14-17(25-21(24-16)26-12-6-3-7-13-26)15-23-20(27)22(10-11-22)18-8-4-5-9-19(18)28-2/h4-5,8-9,14H,3,6-7,10-13,15H2,1-2H3,(H,23,27). The maximum atomic E-state index is 13.0. The van der Waals surface area contributed by atoms with Gasteiger partial charge in [0.25, 0.3) is 0 Å². The number of hydrogen-bond donors (Lipinski definition) is 1. The second-order valence-electron chi connectivity index (χ2n) is 7.81. The molecule has 0 atom stereocenters. The lowest BCUT2D eigenvalue weighted by atomic mass is 9.94. The molecule has 148 valence electrons. The molecular formula is C22H28N4O2. The van der Waals surface area contributed by atoms with Crippen LogP contribution in [0, 0.1) is 6.92 Å². The molecule has 1 aliphatic heterocycles. The number of benzene rings is 1.